The van der Waals surface area contributed by atoms with Crippen molar-refractivity contribution in [2.24, 2.45) is 0 Å². The highest BCUT2D eigenvalue weighted by Crippen LogP contribution is 2.32. The Hall–Kier alpha value is -0.0300. The number of likely N-dealkylation sites (N-methyl/N-ethyl adjacent to an activating group) is 1. The van der Waals surface area contributed by atoms with Crippen LogP contribution in [0.2, 0.25) is 0 Å². The molecule has 2 rings (SSSR count). The van der Waals surface area contributed by atoms with Gasteiger partial charge >= 0.3 is 0 Å². The Labute approximate surface area is 122 Å². The van der Waals surface area contributed by atoms with Gasteiger partial charge in [0.15, 0.2) is 0 Å². The predicted molar refractivity (Wildman–Crippen MR) is 82.0 cm³/mol. The number of rotatable bonds is 4. The molecular weight excluding hydrogens is 310 g/mol. The molecule has 2 nitrogen and oxygen atoms in total. The van der Waals surface area contributed by atoms with Gasteiger partial charge in [-0.25, -0.2) is 0 Å². The van der Waals surface area contributed by atoms with Crippen LogP contribution < -0.4 is 0 Å². The number of hydrogen-bond donors (Lipinski definition) is 1. The minimum Gasteiger partial charge on any atom is -0.394 e. The van der Waals surface area contributed by atoms with Gasteiger partial charge in [-0.1, -0.05) is 28.1 Å². The van der Waals surface area contributed by atoms with Crippen LogP contribution >= 0.6 is 27.7 Å². The average molecular weight is 330 g/mol. The highest BCUT2D eigenvalue weighted by molar-refractivity contribution is 9.10. The maximum atomic E-state index is 9.78. The Morgan fingerprint density at radius 3 is 2.44 bits per heavy atom. The lowest BCUT2D eigenvalue weighted by molar-refractivity contribution is 0.0361. The Balaban J connectivity index is 2.05. The zero-order valence-electron chi connectivity index (χ0n) is 10.7. The van der Waals surface area contributed by atoms with E-state index in [1.54, 1.807) is 0 Å². The van der Waals surface area contributed by atoms with Crippen molar-refractivity contribution in [3.05, 3.63) is 34.3 Å². The van der Waals surface area contributed by atoms with Crippen LogP contribution in [0.25, 0.3) is 0 Å². The van der Waals surface area contributed by atoms with E-state index in [1.165, 1.54) is 5.56 Å². The Morgan fingerprint density at radius 2 is 1.89 bits per heavy atom. The first-order valence-corrected chi connectivity index (χ1v) is 8.25. The van der Waals surface area contributed by atoms with E-state index in [0.29, 0.717) is 0 Å². The lowest BCUT2D eigenvalue weighted by Gasteiger charge is -2.43. The first-order valence-electron chi connectivity index (χ1n) is 6.31. The minimum atomic E-state index is -0.0156. The van der Waals surface area contributed by atoms with Crippen molar-refractivity contribution in [1.29, 1.82) is 0 Å². The van der Waals surface area contributed by atoms with Gasteiger partial charge in [-0.2, -0.15) is 11.8 Å². The molecule has 0 atom stereocenters. The molecule has 1 heterocycles. The third-order valence-electron chi connectivity index (χ3n) is 3.86. The van der Waals surface area contributed by atoms with E-state index in [4.69, 9.17) is 0 Å². The Morgan fingerprint density at radius 1 is 1.28 bits per heavy atom. The first-order chi connectivity index (χ1) is 8.66. The van der Waals surface area contributed by atoms with Gasteiger partial charge in [0.25, 0.3) is 0 Å². The molecule has 0 unspecified atom stereocenters. The number of benzene rings is 1. The number of aliphatic hydroxyl groups is 1. The summed E-state index contributed by atoms with van der Waals surface area (Å²) in [5.74, 6) is 2.32. The molecule has 0 saturated carbocycles. The second kappa shape index (κ2) is 6.42. The van der Waals surface area contributed by atoms with E-state index >= 15 is 0 Å². The van der Waals surface area contributed by atoms with Gasteiger partial charge in [0.2, 0.25) is 0 Å². The van der Waals surface area contributed by atoms with Crippen LogP contribution in [-0.4, -0.2) is 40.7 Å². The summed E-state index contributed by atoms with van der Waals surface area (Å²) < 4.78 is 1.11. The standard InChI is InChI=1S/C14H20BrNOS/c1-16(10-12-2-4-13(15)5-3-12)14(11-17)6-8-18-9-7-14/h2-5,17H,6-11H2,1H3. The summed E-state index contributed by atoms with van der Waals surface area (Å²) in [4.78, 5) is 2.33. The van der Waals surface area contributed by atoms with Crippen LogP contribution in [0.15, 0.2) is 28.7 Å². The largest absolute Gasteiger partial charge is 0.394 e. The number of hydrogen-bond acceptors (Lipinski definition) is 3. The molecule has 18 heavy (non-hydrogen) atoms. The summed E-state index contributed by atoms with van der Waals surface area (Å²) in [7, 11) is 2.13. The van der Waals surface area contributed by atoms with Gasteiger partial charge in [-0.05, 0) is 49.1 Å². The zero-order chi connectivity index (χ0) is 13.0. The van der Waals surface area contributed by atoms with Crippen molar-refractivity contribution in [1.82, 2.24) is 4.90 Å². The summed E-state index contributed by atoms with van der Waals surface area (Å²) >= 11 is 5.45. The average Bonchev–Trinajstić information content (AvgIpc) is 2.42. The molecule has 1 aliphatic heterocycles. The molecule has 100 valence electrons. The molecule has 1 aromatic rings. The van der Waals surface area contributed by atoms with Crippen LogP contribution in [-0.2, 0) is 6.54 Å². The van der Waals surface area contributed by atoms with Crippen LogP contribution in [0.3, 0.4) is 0 Å². The van der Waals surface area contributed by atoms with Crippen LogP contribution in [0.1, 0.15) is 18.4 Å². The van der Waals surface area contributed by atoms with Crippen molar-refractivity contribution in [2.75, 3.05) is 25.2 Å². The lowest BCUT2D eigenvalue weighted by atomic mass is 9.91. The van der Waals surface area contributed by atoms with E-state index in [9.17, 15) is 5.11 Å². The summed E-state index contributed by atoms with van der Waals surface area (Å²) in [5, 5.41) is 9.78. The lowest BCUT2D eigenvalue weighted by Crippen LogP contribution is -2.51. The summed E-state index contributed by atoms with van der Waals surface area (Å²) in [5.41, 5.74) is 1.28. The summed E-state index contributed by atoms with van der Waals surface area (Å²) in [6.45, 7) is 1.17. The van der Waals surface area contributed by atoms with Gasteiger partial charge in [0, 0.05) is 16.6 Å². The van der Waals surface area contributed by atoms with Gasteiger partial charge in [0.05, 0.1) is 6.61 Å². The molecule has 4 heteroatoms. The molecule has 0 aliphatic carbocycles. The highest BCUT2D eigenvalue weighted by Gasteiger charge is 2.35. The first kappa shape index (κ1) is 14.4. The molecule has 1 aliphatic rings. The van der Waals surface area contributed by atoms with E-state index in [2.05, 4.69) is 52.1 Å². The van der Waals surface area contributed by atoms with Crippen molar-refractivity contribution >= 4 is 27.7 Å². The summed E-state index contributed by atoms with van der Waals surface area (Å²) in [6.07, 6.45) is 2.17. The fourth-order valence-electron chi connectivity index (χ4n) is 2.44. The van der Waals surface area contributed by atoms with Crippen molar-refractivity contribution in [3.63, 3.8) is 0 Å². The normalized spacial score (nSPS) is 19.1. The molecule has 0 aromatic heterocycles. The van der Waals surface area contributed by atoms with Crippen molar-refractivity contribution in [2.45, 2.75) is 24.9 Å². The molecule has 0 spiro atoms. The predicted octanol–water partition coefficient (Wildman–Crippen LogP) is 3.14. The summed E-state index contributed by atoms with van der Waals surface area (Å²) in [6, 6.07) is 8.43. The quantitative estimate of drug-likeness (QED) is 0.917. The smallest absolute Gasteiger partial charge is 0.0616 e. The molecular formula is C14H20BrNOS. The monoisotopic (exact) mass is 329 g/mol. The van der Waals surface area contributed by atoms with Gasteiger partial charge in [-0.15, -0.1) is 0 Å². The van der Waals surface area contributed by atoms with E-state index in [-0.39, 0.29) is 12.1 Å². The molecule has 1 saturated heterocycles. The second-order valence-corrected chi connectivity index (χ2v) is 7.12. The molecule has 0 amide bonds. The molecule has 1 N–H and O–H groups in total. The second-order valence-electron chi connectivity index (χ2n) is 4.98. The molecule has 1 fully saturated rings. The fourth-order valence-corrected chi connectivity index (χ4v) is 3.96. The number of thioether (sulfide) groups is 1. The van der Waals surface area contributed by atoms with Gasteiger partial charge < -0.3 is 5.11 Å². The van der Waals surface area contributed by atoms with Crippen LogP contribution in [0.5, 0.6) is 0 Å². The van der Waals surface area contributed by atoms with E-state index < -0.39 is 0 Å². The Bertz CT molecular complexity index is 376. The number of halogens is 1. The van der Waals surface area contributed by atoms with Crippen molar-refractivity contribution < 1.29 is 5.11 Å². The SMILES string of the molecule is CN(Cc1ccc(Br)cc1)C1(CO)CCSCC1. The van der Waals surface area contributed by atoms with Crippen molar-refractivity contribution in [3.8, 4) is 0 Å². The van der Waals surface area contributed by atoms with E-state index in [0.717, 1.165) is 35.4 Å². The molecule has 0 radical (unpaired) electrons. The molecule has 0 bridgehead atoms. The Kier molecular flexibility index (Phi) is 5.13. The number of aliphatic hydroxyl groups excluding tert-OH is 1. The fraction of sp³-hybridized carbons (Fsp3) is 0.571. The topological polar surface area (TPSA) is 23.5 Å². The highest BCUT2D eigenvalue weighted by atomic mass is 79.9. The number of nitrogens with zero attached hydrogens (tertiary/aromatic N) is 1. The third-order valence-corrected chi connectivity index (χ3v) is 5.37. The van der Waals surface area contributed by atoms with E-state index in [1.807, 2.05) is 11.8 Å². The van der Waals surface area contributed by atoms with Crippen LogP contribution in [0.4, 0.5) is 0 Å². The zero-order valence-corrected chi connectivity index (χ0v) is 13.1. The maximum absolute atomic E-state index is 9.78. The maximum Gasteiger partial charge on any atom is 0.0616 e. The minimum absolute atomic E-state index is 0.0156. The third kappa shape index (κ3) is 3.29. The van der Waals surface area contributed by atoms with Crippen LogP contribution in [0, 0.1) is 0 Å². The van der Waals surface area contributed by atoms with Gasteiger partial charge in [-0.3, -0.25) is 4.90 Å². The van der Waals surface area contributed by atoms with Gasteiger partial charge in [0.1, 0.15) is 0 Å². The molecule has 1 aromatic carbocycles.